The molecule has 0 spiro atoms. The van der Waals surface area contributed by atoms with Gasteiger partial charge in [-0.2, -0.15) is 0 Å². The van der Waals surface area contributed by atoms with Crippen LogP contribution < -0.4 is 21.3 Å². The van der Waals surface area contributed by atoms with Crippen molar-refractivity contribution in [2.24, 2.45) is 0 Å². The van der Waals surface area contributed by atoms with Crippen LogP contribution in [0.1, 0.15) is 39.0 Å². The van der Waals surface area contributed by atoms with Gasteiger partial charge in [-0.25, -0.2) is 0 Å². The van der Waals surface area contributed by atoms with E-state index in [-0.39, 0.29) is 5.91 Å². The number of rotatable bonds is 5. The highest BCUT2D eigenvalue weighted by molar-refractivity contribution is 7.80. The third-order valence-corrected chi connectivity index (χ3v) is 5.17. The number of amides is 1. The first-order valence-corrected chi connectivity index (χ1v) is 10.3. The largest absolute Gasteiger partial charge is 0.381 e. The monoisotopic (exact) mass is 416 g/mol. The summed E-state index contributed by atoms with van der Waals surface area (Å²) < 4.78 is 0. The highest BCUT2D eigenvalue weighted by Gasteiger charge is 2.14. The second-order valence-corrected chi connectivity index (χ2v) is 7.83. The van der Waals surface area contributed by atoms with Gasteiger partial charge in [-0.05, 0) is 67.5 Å². The molecular weight excluding hydrogens is 392 g/mol. The summed E-state index contributed by atoms with van der Waals surface area (Å²) in [5.74, 6) is -0.101. The number of hydrogen-bond donors (Lipinski definition) is 4. The van der Waals surface area contributed by atoms with E-state index in [4.69, 9.17) is 23.8 Å². The Labute approximate surface area is 176 Å². The van der Waals surface area contributed by atoms with E-state index >= 15 is 0 Å². The molecule has 7 heteroatoms. The number of nitrogens with one attached hydrogen (secondary N) is 4. The first-order chi connectivity index (χ1) is 13.5. The fourth-order valence-electron chi connectivity index (χ4n) is 3.31. The number of carbonyl (C=O) groups excluding carboxylic acids is 1. The molecule has 1 saturated carbocycles. The average Bonchev–Trinajstić information content (AvgIpc) is 2.66. The van der Waals surface area contributed by atoms with Gasteiger partial charge in [0.1, 0.15) is 0 Å². The molecule has 0 saturated heterocycles. The van der Waals surface area contributed by atoms with Crippen molar-refractivity contribution in [1.29, 1.82) is 0 Å². The van der Waals surface area contributed by atoms with Crippen molar-refractivity contribution in [3.8, 4) is 0 Å². The van der Waals surface area contributed by atoms with E-state index in [2.05, 4.69) is 21.3 Å². The van der Waals surface area contributed by atoms with Crippen molar-refractivity contribution in [2.45, 2.75) is 45.1 Å². The molecule has 1 fully saturated rings. The summed E-state index contributed by atoms with van der Waals surface area (Å²) in [5.41, 5.74) is 3.36. The van der Waals surface area contributed by atoms with E-state index in [1.165, 1.54) is 39.0 Å². The summed E-state index contributed by atoms with van der Waals surface area (Å²) in [6.45, 7) is 1.48. The number of thiocarbonyl (C=S) groups is 1. The molecular formula is C21H25ClN4OS. The Kier molecular flexibility index (Phi) is 7.12. The Morgan fingerprint density at radius 1 is 0.929 bits per heavy atom. The molecule has 28 heavy (non-hydrogen) atoms. The molecule has 1 amide bonds. The Morgan fingerprint density at radius 3 is 2.11 bits per heavy atom. The van der Waals surface area contributed by atoms with E-state index in [1.54, 1.807) is 0 Å². The van der Waals surface area contributed by atoms with Crippen LogP contribution in [0.15, 0.2) is 42.5 Å². The predicted molar refractivity (Wildman–Crippen MR) is 123 cm³/mol. The van der Waals surface area contributed by atoms with Crippen LogP contribution in [0.3, 0.4) is 0 Å². The summed E-state index contributed by atoms with van der Waals surface area (Å²) in [5, 5.41) is 13.7. The molecule has 0 bridgehead atoms. The van der Waals surface area contributed by atoms with Crippen molar-refractivity contribution in [1.82, 2.24) is 0 Å². The zero-order chi connectivity index (χ0) is 19.9. The van der Waals surface area contributed by atoms with Crippen LogP contribution in [0.2, 0.25) is 5.02 Å². The van der Waals surface area contributed by atoms with Gasteiger partial charge in [0.2, 0.25) is 5.91 Å². The minimum atomic E-state index is -0.101. The van der Waals surface area contributed by atoms with E-state index in [0.717, 1.165) is 22.7 Å². The molecule has 0 unspecified atom stereocenters. The normalized spacial score (nSPS) is 14.2. The molecule has 2 aromatic carbocycles. The zero-order valence-electron chi connectivity index (χ0n) is 15.8. The molecule has 0 heterocycles. The van der Waals surface area contributed by atoms with Gasteiger partial charge in [-0.1, -0.05) is 30.9 Å². The van der Waals surface area contributed by atoms with Gasteiger partial charge in [0.15, 0.2) is 5.11 Å². The quantitative estimate of drug-likeness (QED) is 0.460. The van der Waals surface area contributed by atoms with Crippen molar-refractivity contribution in [3.63, 3.8) is 0 Å². The standard InChI is InChI=1S/C21H25ClN4OS/c1-14(27)23-16-7-9-17(10-8-16)25-21(28)26-18-11-12-20(19(22)13-18)24-15-5-3-2-4-6-15/h7-13,15,24H,2-6H2,1H3,(H,23,27)(H2,25,26,28). The maximum atomic E-state index is 11.1. The lowest BCUT2D eigenvalue weighted by Gasteiger charge is -2.24. The summed E-state index contributed by atoms with van der Waals surface area (Å²) in [4.78, 5) is 11.1. The number of anilines is 4. The van der Waals surface area contributed by atoms with Gasteiger partial charge in [-0.3, -0.25) is 4.79 Å². The van der Waals surface area contributed by atoms with Gasteiger partial charge in [-0.15, -0.1) is 0 Å². The second-order valence-electron chi connectivity index (χ2n) is 7.01. The molecule has 0 aliphatic heterocycles. The molecule has 0 radical (unpaired) electrons. The number of benzene rings is 2. The average molecular weight is 417 g/mol. The topological polar surface area (TPSA) is 65.2 Å². The fraction of sp³-hybridized carbons (Fsp3) is 0.333. The van der Waals surface area contributed by atoms with E-state index in [0.29, 0.717) is 16.2 Å². The molecule has 1 aliphatic carbocycles. The Hall–Kier alpha value is -2.31. The number of hydrogen-bond acceptors (Lipinski definition) is 3. The molecule has 3 rings (SSSR count). The first kappa shape index (κ1) is 20.4. The van der Waals surface area contributed by atoms with Crippen LogP contribution in [-0.2, 0) is 4.79 Å². The minimum Gasteiger partial charge on any atom is -0.381 e. The van der Waals surface area contributed by atoms with E-state index in [1.807, 2.05) is 42.5 Å². The maximum absolute atomic E-state index is 11.1. The Morgan fingerprint density at radius 2 is 1.50 bits per heavy atom. The van der Waals surface area contributed by atoms with Crippen molar-refractivity contribution in [2.75, 3.05) is 21.3 Å². The predicted octanol–water partition coefficient (Wildman–Crippen LogP) is 5.85. The Bertz CT molecular complexity index is 835. The third kappa shape index (κ3) is 6.11. The molecule has 148 valence electrons. The lowest BCUT2D eigenvalue weighted by molar-refractivity contribution is -0.114. The highest BCUT2D eigenvalue weighted by atomic mass is 35.5. The summed E-state index contributed by atoms with van der Waals surface area (Å²) >= 11 is 11.8. The van der Waals surface area contributed by atoms with Crippen LogP contribution in [0.4, 0.5) is 22.7 Å². The first-order valence-electron chi connectivity index (χ1n) is 9.51. The highest BCUT2D eigenvalue weighted by Crippen LogP contribution is 2.29. The van der Waals surface area contributed by atoms with E-state index in [9.17, 15) is 4.79 Å². The molecule has 0 aromatic heterocycles. The summed E-state index contributed by atoms with van der Waals surface area (Å²) in [7, 11) is 0. The van der Waals surface area contributed by atoms with Crippen molar-refractivity contribution in [3.05, 3.63) is 47.5 Å². The Balaban J connectivity index is 1.54. The van der Waals surface area contributed by atoms with Gasteiger partial charge < -0.3 is 21.3 Å². The lowest BCUT2D eigenvalue weighted by atomic mass is 9.95. The van der Waals surface area contributed by atoms with Crippen LogP contribution >= 0.6 is 23.8 Å². The third-order valence-electron chi connectivity index (χ3n) is 4.65. The van der Waals surface area contributed by atoms with Crippen LogP contribution in [0, 0.1) is 0 Å². The summed E-state index contributed by atoms with van der Waals surface area (Å²) in [6.07, 6.45) is 6.28. The zero-order valence-corrected chi connectivity index (χ0v) is 17.4. The van der Waals surface area contributed by atoms with Gasteiger partial charge in [0, 0.05) is 30.0 Å². The molecule has 2 aromatic rings. The number of halogens is 1. The smallest absolute Gasteiger partial charge is 0.221 e. The second kappa shape index (κ2) is 9.75. The molecule has 1 aliphatic rings. The van der Waals surface area contributed by atoms with Gasteiger partial charge in [0.05, 0.1) is 10.7 Å². The SMILES string of the molecule is CC(=O)Nc1ccc(NC(=S)Nc2ccc(NC3CCCCC3)c(Cl)c2)cc1. The van der Waals surface area contributed by atoms with Crippen LogP contribution in [0.25, 0.3) is 0 Å². The van der Waals surface area contributed by atoms with Crippen LogP contribution in [0.5, 0.6) is 0 Å². The molecule has 4 N–H and O–H groups in total. The maximum Gasteiger partial charge on any atom is 0.221 e. The van der Waals surface area contributed by atoms with E-state index < -0.39 is 0 Å². The van der Waals surface area contributed by atoms with Crippen molar-refractivity contribution < 1.29 is 4.79 Å². The van der Waals surface area contributed by atoms with Crippen LogP contribution in [-0.4, -0.2) is 17.1 Å². The van der Waals surface area contributed by atoms with Crippen molar-refractivity contribution >= 4 is 57.6 Å². The van der Waals surface area contributed by atoms with Gasteiger partial charge >= 0.3 is 0 Å². The summed E-state index contributed by atoms with van der Waals surface area (Å²) in [6, 6.07) is 13.7. The number of carbonyl (C=O) groups is 1. The fourth-order valence-corrected chi connectivity index (χ4v) is 3.78. The minimum absolute atomic E-state index is 0.101. The molecule has 5 nitrogen and oxygen atoms in total. The lowest BCUT2D eigenvalue weighted by Crippen LogP contribution is -2.22. The van der Waals surface area contributed by atoms with Gasteiger partial charge in [0.25, 0.3) is 0 Å². The molecule has 0 atom stereocenters.